The predicted molar refractivity (Wildman–Crippen MR) is 87.8 cm³/mol. The van der Waals surface area contributed by atoms with Gasteiger partial charge in [-0.05, 0) is 68.6 Å². The van der Waals surface area contributed by atoms with Gasteiger partial charge in [-0.25, -0.2) is 0 Å². The van der Waals surface area contributed by atoms with E-state index >= 15 is 0 Å². The molecule has 0 fully saturated rings. The van der Waals surface area contributed by atoms with Crippen LogP contribution in [0, 0.1) is 13.8 Å². The van der Waals surface area contributed by atoms with Crippen molar-refractivity contribution >= 4 is 11.4 Å². The van der Waals surface area contributed by atoms with Crippen LogP contribution in [0.15, 0.2) is 42.5 Å². The summed E-state index contributed by atoms with van der Waals surface area (Å²) < 4.78 is 0. The third-order valence-electron chi connectivity index (χ3n) is 3.77. The summed E-state index contributed by atoms with van der Waals surface area (Å²) in [5.74, 6) is 0. The Labute approximate surface area is 122 Å². The van der Waals surface area contributed by atoms with Crippen molar-refractivity contribution in [2.24, 2.45) is 5.73 Å². The molecule has 2 nitrogen and oxygen atoms in total. The molecule has 2 heteroatoms. The number of rotatable bonds is 5. The SMILES string of the molecule is CCN(c1ccc(CCN)c(C)c1)c1ccccc1C. The average molecular weight is 268 g/mol. The van der Waals surface area contributed by atoms with Gasteiger partial charge in [-0.15, -0.1) is 0 Å². The largest absolute Gasteiger partial charge is 0.342 e. The number of aryl methyl sites for hydroxylation is 2. The molecule has 2 aromatic carbocycles. The summed E-state index contributed by atoms with van der Waals surface area (Å²) >= 11 is 0. The Morgan fingerprint density at radius 3 is 2.35 bits per heavy atom. The van der Waals surface area contributed by atoms with E-state index in [0.717, 1.165) is 13.0 Å². The molecule has 2 N–H and O–H groups in total. The van der Waals surface area contributed by atoms with E-state index in [0.29, 0.717) is 6.54 Å². The molecule has 0 heterocycles. The van der Waals surface area contributed by atoms with Crippen molar-refractivity contribution in [3.63, 3.8) is 0 Å². The van der Waals surface area contributed by atoms with Crippen LogP contribution in [0.1, 0.15) is 23.6 Å². The third-order valence-corrected chi connectivity index (χ3v) is 3.77. The molecule has 0 aliphatic rings. The second-order valence-corrected chi connectivity index (χ2v) is 5.18. The molecule has 2 rings (SSSR count). The molecule has 0 bridgehead atoms. The van der Waals surface area contributed by atoms with E-state index in [4.69, 9.17) is 5.73 Å². The maximum absolute atomic E-state index is 5.65. The Bertz CT molecular complexity index is 575. The standard InChI is InChI=1S/C18H24N2/c1-4-20(18-8-6-5-7-14(18)2)17-10-9-16(11-12-19)15(3)13-17/h5-10,13H,4,11-12,19H2,1-3H3. The summed E-state index contributed by atoms with van der Waals surface area (Å²) in [5.41, 5.74) is 12.2. The van der Waals surface area contributed by atoms with Crippen LogP contribution >= 0.6 is 0 Å². The number of nitrogens with zero attached hydrogens (tertiary/aromatic N) is 1. The first kappa shape index (κ1) is 14.6. The van der Waals surface area contributed by atoms with Gasteiger partial charge in [0.15, 0.2) is 0 Å². The molecule has 0 atom stereocenters. The Morgan fingerprint density at radius 1 is 1.00 bits per heavy atom. The van der Waals surface area contributed by atoms with Gasteiger partial charge in [0.25, 0.3) is 0 Å². The van der Waals surface area contributed by atoms with E-state index in [1.807, 2.05) is 0 Å². The van der Waals surface area contributed by atoms with Gasteiger partial charge in [0.1, 0.15) is 0 Å². The van der Waals surface area contributed by atoms with Crippen molar-refractivity contribution in [3.8, 4) is 0 Å². The fourth-order valence-electron chi connectivity index (χ4n) is 2.64. The van der Waals surface area contributed by atoms with Gasteiger partial charge in [0, 0.05) is 17.9 Å². The fraction of sp³-hybridized carbons (Fsp3) is 0.333. The number of para-hydroxylation sites is 1. The minimum absolute atomic E-state index is 0.704. The maximum Gasteiger partial charge on any atom is 0.0440 e. The van der Waals surface area contributed by atoms with Crippen LogP contribution in [0.5, 0.6) is 0 Å². The van der Waals surface area contributed by atoms with Gasteiger partial charge >= 0.3 is 0 Å². The van der Waals surface area contributed by atoms with E-state index in [2.05, 4.69) is 68.1 Å². The second kappa shape index (κ2) is 6.58. The highest BCUT2D eigenvalue weighted by atomic mass is 15.1. The molecule has 0 radical (unpaired) electrons. The molecule has 20 heavy (non-hydrogen) atoms. The van der Waals surface area contributed by atoms with Crippen molar-refractivity contribution in [2.45, 2.75) is 27.2 Å². The van der Waals surface area contributed by atoms with Gasteiger partial charge in [-0.1, -0.05) is 24.3 Å². The highest BCUT2D eigenvalue weighted by molar-refractivity contribution is 5.67. The fourth-order valence-corrected chi connectivity index (χ4v) is 2.64. The van der Waals surface area contributed by atoms with Crippen molar-refractivity contribution in [1.29, 1.82) is 0 Å². The summed E-state index contributed by atoms with van der Waals surface area (Å²) in [6, 6.07) is 15.2. The molecule has 0 unspecified atom stereocenters. The Balaban J connectivity index is 2.38. The zero-order valence-corrected chi connectivity index (χ0v) is 12.7. The molecule has 0 amide bonds. The molecular formula is C18H24N2. The van der Waals surface area contributed by atoms with E-state index in [1.165, 1.54) is 28.1 Å². The molecule has 0 aliphatic heterocycles. The van der Waals surface area contributed by atoms with Gasteiger partial charge in [0.05, 0.1) is 0 Å². The number of hydrogen-bond acceptors (Lipinski definition) is 2. The minimum atomic E-state index is 0.704. The molecule has 0 saturated carbocycles. The maximum atomic E-state index is 5.65. The molecule has 0 saturated heterocycles. The average Bonchev–Trinajstić information content (AvgIpc) is 2.45. The summed E-state index contributed by atoms with van der Waals surface area (Å²) in [4.78, 5) is 2.36. The molecule has 0 aromatic heterocycles. The van der Waals surface area contributed by atoms with E-state index in [1.54, 1.807) is 0 Å². The van der Waals surface area contributed by atoms with Crippen LogP contribution in [-0.4, -0.2) is 13.1 Å². The van der Waals surface area contributed by atoms with Crippen LogP contribution in [0.4, 0.5) is 11.4 Å². The molecule has 0 spiro atoms. The lowest BCUT2D eigenvalue weighted by Crippen LogP contribution is -2.17. The van der Waals surface area contributed by atoms with Crippen molar-refractivity contribution in [2.75, 3.05) is 18.0 Å². The zero-order valence-electron chi connectivity index (χ0n) is 12.7. The van der Waals surface area contributed by atoms with Gasteiger partial charge < -0.3 is 10.6 Å². The first-order chi connectivity index (χ1) is 9.67. The van der Waals surface area contributed by atoms with Crippen LogP contribution in [0.3, 0.4) is 0 Å². The smallest absolute Gasteiger partial charge is 0.0440 e. The highest BCUT2D eigenvalue weighted by Crippen LogP contribution is 2.29. The first-order valence-corrected chi connectivity index (χ1v) is 7.30. The number of anilines is 2. The number of nitrogens with two attached hydrogens (primary N) is 1. The zero-order chi connectivity index (χ0) is 14.5. The van der Waals surface area contributed by atoms with Gasteiger partial charge in [0.2, 0.25) is 0 Å². The monoisotopic (exact) mass is 268 g/mol. The third kappa shape index (κ3) is 3.02. The molecular weight excluding hydrogens is 244 g/mol. The Kier molecular flexibility index (Phi) is 4.80. The van der Waals surface area contributed by atoms with Crippen molar-refractivity contribution < 1.29 is 0 Å². The Morgan fingerprint density at radius 2 is 1.75 bits per heavy atom. The summed E-state index contributed by atoms with van der Waals surface area (Å²) in [5, 5.41) is 0. The lowest BCUT2D eigenvalue weighted by molar-refractivity contribution is 0.953. The second-order valence-electron chi connectivity index (χ2n) is 5.18. The highest BCUT2D eigenvalue weighted by Gasteiger charge is 2.10. The lowest BCUT2D eigenvalue weighted by atomic mass is 10.0. The Hall–Kier alpha value is -1.80. The summed E-state index contributed by atoms with van der Waals surface area (Å²) in [7, 11) is 0. The minimum Gasteiger partial charge on any atom is -0.342 e. The number of hydrogen-bond donors (Lipinski definition) is 1. The number of benzene rings is 2. The van der Waals surface area contributed by atoms with E-state index < -0.39 is 0 Å². The predicted octanol–water partition coefficient (Wildman–Crippen LogP) is 3.96. The topological polar surface area (TPSA) is 29.3 Å². The van der Waals surface area contributed by atoms with Gasteiger partial charge in [-0.3, -0.25) is 0 Å². The van der Waals surface area contributed by atoms with Crippen LogP contribution in [-0.2, 0) is 6.42 Å². The van der Waals surface area contributed by atoms with Crippen molar-refractivity contribution in [1.82, 2.24) is 0 Å². The van der Waals surface area contributed by atoms with Crippen LogP contribution in [0.2, 0.25) is 0 Å². The van der Waals surface area contributed by atoms with E-state index in [9.17, 15) is 0 Å². The quantitative estimate of drug-likeness (QED) is 0.889. The molecule has 2 aromatic rings. The lowest BCUT2D eigenvalue weighted by Gasteiger charge is -2.26. The normalized spacial score (nSPS) is 10.6. The van der Waals surface area contributed by atoms with Gasteiger partial charge in [-0.2, -0.15) is 0 Å². The van der Waals surface area contributed by atoms with Crippen molar-refractivity contribution in [3.05, 3.63) is 59.2 Å². The van der Waals surface area contributed by atoms with Crippen LogP contribution < -0.4 is 10.6 Å². The molecule has 0 aliphatic carbocycles. The summed E-state index contributed by atoms with van der Waals surface area (Å²) in [6.07, 6.45) is 0.947. The first-order valence-electron chi connectivity index (χ1n) is 7.30. The summed E-state index contributed by atoms with van der Waals surface area (Å²) in [6.45, 7) is 8.18. The van der Waals surface area contributed by atoms with E-state index in [-0.39, 0.29) is 0 Å². The van der Waals surface area contributed by atoms with Crippen LogP contribution in [0.25, 0.3) is 0 Å². The molecule has 106 valence electrons.